The molecule has 0 bridgehead atoms. The first-order valence-electron chi connectivity index (χ1n) is 8.62. The number of benzene rings is 1. The molecule has 7 nitrogen and oxygen atoms in total. The number of halogens is 2. The van der Waals surface area contributed by atoms with Gasteiger partial charge in [0.1, 0.15) is 5.01 Å². The van der Waals surface area contributed by atoms with Gasteiger partial charge in [-0.1, -0.05) is 30.3 Å². The number of hydrogen-bond acceptors (Lipinski definition) is 6. The van der Waals surface area contributed by atoms with Gasteiger partial charge in [-0.3, -0.25) is 14.5 Å². The van der Waals surface area contributed by atoms with Gasteiger partial charge in [0.05, 0.1) is 18.8 Å². The molecule has 0 atom stereocenters. The molecule has 3 rings (SSSR count). The predicted octanol–water partition coefficient (Wildman–Crippen LogP) is 1.37. The highest BCUT2D eigenvalue weighted by Crippen LogP contribution is 2.24. The van der Waals surface area contributed by atoms with Crippen LogP contribution in [-0.4, -0.2) is 65.9 Å². The number of carbonyl (C=O) groups excluding carboxylic acids is 2. The topological polar surface area (TPSA) is 91.6 Å². The molecular weight excluding hydrogens is 421 g/mol. The molecule has 0 saturated carbocycles. The van der Waals surface area contributed by atoms with E-state index in [1.54, 1.807) is 16.2 Å². The summed E-state index contributed by atoms with van der Waals surface area (Å²) >= 11 is 1.66. The van der Waals surface area contributed by atoms with Crippen molar-refractivity contribution in [2.45, 2.75) is 6.54 Å². The van der Waals surface area contributed by atoms with Gasteiger partial charge in [0.15, 0.2) is 0 Å². The highest BCUT2D eigenvalue weighted by molar-refractivity contribution is 7.13. The van der Waals surface area contributed by atoms with Crippen LogP contribution in [0.25, 0.3) is 10.6 Å². The number of carbonyl (C=O) groups is 2. The van der Waals surface area contributed by atoms with Gasteiger partial charge < -0.3 is 16.0 Å². The average molecular weight is 446 g/mol. The van der Waals surface area contributed by atoms with Gasteiger partial charge in [-0.05, 0) is 0 Å². The van der Waals surface area contributed by atoms with Crippen LogP contribution in [0.15, 0.2) is 35.7 Å². The van der Waals surface area contributed by atoms with E-state index in [-0.39, 0.29) is 49.7 Å². The van der Waals surface area contributed by atoms with Crippen molar-refractivity contribution in [1.29, 1.82) is 0 Å². The van der Waals surface area contributed by atoms with E-state index in [4.69, 9.17) is 10.7 Å². The van der Waals surface area contributed by atoms with Crippen molar-refractivity contribution in [3.8, 4) is 10.6 Å². The van der Waals surface area contributed by atoms with E-state index < -0.39 is 0 Å². The van der Waals surface area contributed by atoms with Crippen LogP contribution in [-0.2, 0) is 16.1 Å². The molecule has 10 heteroatoms. The first kappa shape index (κ1) is 24.3. The van der Waals surface area contributed by atoms with Gasteiger partial charge in [-0.2, -0.15) is 0 Å². The predicted molar refractivity (Wildman–Crippen MR) is 116 cm³/mol. The summed E-state index contributed by atoms with van der Waals surface area (Å²) in [5.41, 5.74) is 7.42. The molecule has 1 saturated heterocycles. The molecule has 0 aliphatic carbocycles. The number of piperazine rings is 1. The summed E-state index contributed by atoms with van der Waals surface area (Å²) in [5, 5.41) is 5.65. The smallest absolute Gasteiger partial charge is 0.242 e. The number of rotatable bonds is 6. The summed E-state index contributed by atoms with van der Waals surface area (Å²) in [6.45, 7) is 3.63. The monoisotopic (exact) mass is 445 g/mol. The molecule has 154 valence electrons. The molecule has 0 radical (unpaired) electrons. The zero-order valence-electron chi connectivity index (χ0n) is 15.4. The third kappa shape index (κ3) is 6.72. The first-order chi connectivity index (χ1) is 12.7. The minimum atomic E-state index is -0.310. The quantitative estimate of drug-likeness (QED) is 0.700. The second kappa shape index (κ2) is 12.0. The molecule has 28 heavy (non-hydrogen) atoms. The maximum Gasteiger partial charge on any atom is 0.242 e. The number of nitrogens with one attached hydrogen (secondary N) is 1. The van der Waals surface area contributed by atoms with Gasteiger partial charge in [-0.25, -0.2) is 4.98 Å². The molecule has 2 aromatic rings. The zero-order chi connectivity index (χ0) is 18.4. The summed E-state index contributed by atoms with van der Waals surface area (Å²) in [5.74, 6) is -0.374. The fraction of sp³-hybridized carbons (Fsp3) is 0.389. The molecule has 2 heterocycles. The number of aromatic nitrogens is 1. The summed E-state index contributed by atoms with van der Waals surface area (Å²) in [6.07, 6.45) is 0. The molecule has 2 amide bonds. The number of thiazole rings is 1. The van der Waals surface area contributed by atoms with E-state index in [2.05, 4.69) is 27.7 Å². The fourth-order valence-corrected chi connectivity index (χ4v) is 3.65. The Morgan fingerprint density at radius 2 is 1.79 bits per heavy atom. The Morgan fingerprint density at radius 3 is 2.43 bits per heavy atom. The Balaban J connectivity index is 0.00000196. The second-order valence-corrected chi connectivity index (χ2v) is 7.01. The van der Waals surface area contributed by atoms with Gasteiger partial charge in [0.2, 0.25) is 11.8 Å². The van der Waals surface area contributed by atoms with Crippen molar-refractivity contribution < 1.29 is 9.59 Å². The lowest BCUT2D eigenvalue weighted by Gasteiger charge is -2.34. The number of amides is 2. The molecule has 0 unspecified atom stereocenters. The van der Waals surface area contributed by atoms with E-state index in [0.29, 0.717) is 13.1 Å². The van der Waals surface area contributed by atoms with E-state index >= 15 is 0 Å². The van der Waals surface area contributed by atoms with E-state index in [1.165, 1.54) is 0 Å². The maximum atomic E-state index is 12.1. The second-order valence-electron chi connectivity index (χ2n) is 6.15. The van der Waals surface area contributed by atoms with Crippen LogP contribution in [0.2, 0.25) is 0 Å². The Morgan fingerprint density at radius 1 is 1.11 bits per heavy atom. The molecule has 0 spiro atoms. The van der Waals surface area contributed by atoms with Gasteiger partial charge >= 0.3 is 0 Å². The summed E-state index contributed by atoms with van der Waals surface area (Å²) in [6, 6.07) is 10.2. The van der Waals surface area contributed by atoms with Crippen molar-refractivity contribution in [3.63, 3.8) is 0 Å². The van der Waals surface area contributed by atoms with E-state index in [0.717, 1.165) is 35.9 Å². The van der Waals surface area contributed by atoms with Crippen LogP contribution in [0, 0.1) is 0 Å². The van der Waals surface area contributed by atoms with E-state index in [9.17, 15) is 9.59 Å². The lowest BCUT2D eigenvalue weighted by Crippen LogP contribution is -2.51. The number of nitrogens with zero attached hydrogens (tertiary/aromatic N) is 3. The average Bonchev–Trinajstić information content (AvgIpc) is 3.15. The highest BCUT2D eigenvalue weighted by Gasteiger charge is 2.21. The van der Waals surface area contributed by atoms with Gasteiger partial charge in [-0.15, -0.1) is 36.2 Å². The number of nitrogens with two attached hydrogens (primary N) is 1. The fourth-order valence-electron chi connectivity index (χ4n) is 2.84. The minimum absolute atomic E-state index is 0. The van der Waals surface area contributed by atoms with Gasteiger partial charge in [0.25, 0.3) is 0 Å². The molecule has 1 fully saturated rings. The molecule has 3 N–H and O–H groups in total. The van der Waals surface area contributed by atoms with Crippen LogP contribution in [0.1, 0.15) is 5.69 Å². The molecule has 1 aromatic carbocycles. The molecular formula is C18H25Cl2N5O2S. The van der Waals surface area contributed by atoms with Crippen molar-refractivity contribution in [2.24, 2.45) is 5.73 Å². The minimum Gasteiger partial charge on any atom is -0.346 e. The molecule has 1 aliphatic heterocycles. The van der Waals surface area contributed by atoms with Crippen LogP contribution < -0.4 is 11.1 Å². The van der Waals surface area contributed by atoms with Crippen molar-refractivity contribution in [2.75, 3.05) is 39.3 Å². The number of hydrogen-bond donors (Lipinski definition) is 2. The van der Waals surface area contributed by atoms with Crippen LogP contribution in [0.3, 0.4) is 0 Å². The zero-order valence-corrected chi connectivity index (χ0v) is 17.8. The Labute approximate surface area is 181 Å². The van der Waals surface area contributed by atoms with E-state index in [1.807, 2.05) is 18.2 Å². The summed E-state index contributed by atoms with van der Waals surface area (Å²) < 4.78 is 0. The van der Waals surface area contributed by atoms with Crippen molar-refractivity contribution in [1.82, 2.24) is 20.1 Å². The summed E-state index contributed by atoms with van der Waals surface area (Å²) in [7, 11) is 0. The lowest BCUT2D eigenvalue weighted by molar-refractivity contribution is -0.134. The highest BCUT2D eigenvalue weighted by atomic mass is 35.5. The normalized spacial score (nSPS) is 14.0. The maximum absolute atomic E-state index is 12.1. The largest absolute Gasteiger partial charge is 0.346 e. The SMILES string of the molecule is Cl.Cl.NCC(=O)NCC(=O)N1CCN(Cc2csc(-c3ccccc3)n2)CC1. The Bertz CT molecular complexity index is 751. The van der Waals surface area contributed by atoms with Gasteiger partial charge in [0, 0.05) is 43.7 Å². The third-order valence-corrected chi connectivity index (χ3v) is 5.25. The Hall–Kier alpha value is -1.71. The lowest BCUT2D eigenvalue weighted by atomic mass is 10.2. The third-order valence-electron chi connectivity index (χ3n) is 4.31. The molecule has 1 aliphatic rings. The van der Waals surface area contributed by atoms with Crippen LogP contribution in [0.5, 0.6) is 0 Å². The van der Waals surface area contributed by atoms with Crippen LogP contribution in [0.4, 0.5) is 0 Å². The standard InChI is InChI=1S/C18H23N5O2S.2ClH/c19-10-16(24)20-11-17(25)23-8-6-22(7-9-23)12-15-13-26-18(21-15)14-4-2-1-3-5-14;;/h1-5,13H,6-12,19H2,(H,20,24);2*1H. The Kier molecular flexibility index (Phi) is 10.4. The van der Waals surface area contributed by atoms with Crippen LogP contribution >= 0.6 is 36.2 Å². The van der Waals surface area contributed by atoms with Crippen molar-refractivity contribution in [3.05, 3.63) is 41.4 Å². The van der Waals surface area contributed by atoms with Crippen molar-refractivity contribution >= 4 is 48.0 Å². The summed E-state index contributed by atoms with van der Waals surface area (Å²) in [4.78, 5) is 32.0. The molecule has 1 aromatic heterocycles. The first-order valence-corrected chi connectivity index (χ1v) is 9.50.